The predicted molar refractivity (Wildman–Crippen MR) is 109 cm³/mol. The molecular weight excluding hydrogens is 400 g/mol. The van der Waals surface area contributed by atoms with Crippen molar-refractivity contribution in [2.45, 2.75) is 31.1 Å². The van der Waals surface area contributed by atoms with Crippen LogP contribution in [0.25, 0.3) is 0 Å². The first-order chi connectivity index (χ1) is 13.4. The fraction of sp³-hybridized carbons (Fsp3) is 0.350. The lowest BCUT2D eigenvalue weighted by Gasteiger charge is -2.21. The van der Waals surface area contributed by atoms with Gasteiger partial charge in [0.15, 0.2) is 0 Å². The van der Waals surface area contributed by atoms with Gasteiger partial charge in [-0.05, 0) is 54.7 Å². The zero-order valence-electron chi connectivity index (χ0n) is 15.2. The Kier molecular flexibility index (Phi) is 5.31. The van der Waals surface area contributed by atoms with Crippen LogP contribution in [0.2, 0.25) is 5.02 Å². The maximum absolute atomic E-state index is 12.7. The van der Waals surface area contributed by atoms with E-state index in [9.17, 15) is 13.2 Å². The second-order valence-electron chi connectivity index (χ2n) is 7.07. The Morgan fingerprint density at radius 1 is 1.21 bits per heavy atom. The van der Waals surface area contributed by atoms with Gasteiger partial charge in [0.25, 0.3) is 5.91 Å². The van der Waals surface area contributed by atoms with Crippen molar-refractivity contribution in [3.63, 3.8) is 0 Å². The summed E-state index contributed by atoms with van der Waals surface area (Å²) in [5.74, 6) is -0.197. The smallest absolute Gasteiger partial charge is 0.256 e. The SMILES string of the molecule is O=C(C1CCCO1)N1CCc2ccc(NS(=O)(=O)Cc3ccc(Cl)cc3)cc21. The summed E-state index contributed by atoms with van der Waals surface area (Å²) in [5.41, 5.74) is 2.88. The maximum atomic E-state index is 12.7. The van der Waals surface area contributed by atoms with Crippen LogP contribution in [0.3, 0.4) is 0 Å². The van der Waals surface area contributed by atoms with Crippen LogP contribution in [0.4, 0.5) is 11.4 Å². The van der Waals surface area contributed by atoms with Crippen LogP contribution in [0.5, 0.6) is 0 Å². The lowest BCUT2D eigenvalue weighted by Crippen LogP contribution is -2.37. The number of rotatable bonds is 5. The summed E-state index contributed by atoms with van der Waals surface area (Å²) in [4.78, 5) is 14.4. The van der Waals surface area contributed by atoms with Crippen LogP contribution in [-0.2, 0) is 31.7 Å². The van der Waals surface area contributed by atoms with Gasteiger partial charge in [0.2, 0.25) is 10.0 Å². The first kappa shape index (κ1) is 19.2. The molecular formula is C20H21ClN2O4S. The zero-order chi connectivity index (χ0) is 19.7. The predicted octanol–water partition coefficient (Wildman–Crippen LogP) is 3.35. The van der Waals surface area contributed by atoms with E-state index < -0.39 is 16.1 Å². The molecule has 0 aliphatic carbocycles. The molecule has 6 nitrogen and oxygen atoms in total. The van der Waals surface area contributed by atoms with Gasteiger partial charge in [0.1, 0.15) is 6.10 Å². The van der Waals surface area contributed by atoms with Gasteiger partial charge in [0, 0.05) is 23.9 Å². The normalized spacial score (nSPS) is 18.9. The van der Waals surface area contributed by atoms with Crippen molar-refractivity contribution in [1.29, 1.82) is 0 Å². The number of amides is 1. The van der Waals surface area contributed by atoms with Crippen LogP contribution < -0.4 is 9.62 Å². The highest BCUT2D eigenvalue weighted by atomic mass is 35.5. The largest absolute Gasteiger partial charge is 0.368 e. The molecule has 1 atom stereocenters. The Labute approximate surface area is 169 Å². The Hall–Kier alpha value is -2.09. The third-order valence-corrected chi connectivity index (χ3v) is 6.51. The lowest BCUT2D eigenvalue weighted by molar-refractivity contribution is -0.127. The minimum absolute atomic E-state index is 0.0441. The number of hydrogen-bond donors (Lipinski definition) is 1. The lowest BCUT2D eigenvalue weighted by atomic mass is 10.1. The topological polar surface area (TPSA) is 75.7 Å². The molecule has 2 aliphatic heterocycles. The van der Waals surface area contributed by atoms with E-state index in [1.54, 1.807) is 41.3 Å². The number of sulfonamides is 1. The molecule has 1 N–H and O–H groups in total. The summed E-state index contributed by atoms with van der Waals surface area (Å²) in [6, 6.07) is 12.0. The van der Waals surface area contributed by atoms with Gasteiger partial charge in [-0.15, -0.1) is 0 Å². The summed E-state index contributed by atoms with van der Waals surface area (Å²) in [5, 5.41) is 0.559. The highest BCUT2D eigenvalue weighted by Gasteiger charge is 2.33. The summed E-state index contributed by atoms with van der Waals surface area (Å²) in [7, 11) is -3.59. The fourth-order valence-corrected chi connectivity index (χ4v) is 4.95. The fourth-order valence-electron chi connectivity index (χ4n) is 3.63. The van der Waals surface area contributed by atoms with Crippen LogP contribution in [0.15, 0.2) is 42.5 Å². The molecule has 2 heterocycles. The molecule has 0 aromatic heterocycles. The van der Waals surface area contributed by atoms with Crippen molar-refractivity contribution in [3.05, 3.63) is 58.6 Å². The van der Waals surface area contributed by atoms with Crippen molar-refractivity contribution < 1.29 is 17.9 Å². The highest BCUT2D eigenvalue weighted by Crippen LogP contribution is 2.33. The first-order valence-electron chi connectivity index (χ1n) is 9.22. The monoisotopic (exact) mass is 420 g/mol. The van der Waals surface area contributed by atoms with Gasteiger partial charge < -0.3 is 9.64 Å². The van der Waals surface area contributed by atoms with E-state index in [-0.39, 0.29) is 11.7 Å². The summed E-state index contributed by atoms with van der Waals surface area (Å²) in [6.45, 7) is 1.21. The number of nitrogens with one attached hydrogen (secondary N) is 1. The Morgan fingerprint density at radius 2 is 2.00 bits per heavy atom. The number of benzene rings is 2. The summed E-state index contributed by atoms with van der Waals surface area (Å²) in [6.07, 6.45) is 1.99. The van der Waals surface area contributed by atoms with Crippen molar-refractivity contribution in [3.8, 4) is 0 Å². The van der Waals surface area contributed by atoms with Crippen LogP contribution in [0, 0.1) is 0 Å². The quantitative estimate of drug-likeness (QED) is 0.804. The van der Waals surface area contributed by atoms with E-state index in [1.807, 2.05) is 6.07 Å². The number of anilines is 2. The molecule has 148 valence electrons. The average Bonchev–Trinajstić information content (AvgIpc) is 3.32. The molecule has 0 spiro atoms. The van der Waals surface area contributed by atoms with Gasteiger partial charge in [-0.1, -0.05) is 29.8 Å². The molecule has 1 amide bonds. The van der Waals surface area contributed by atoms with Crippen molar-refractivity contribution in [2.75, 3.05) is 22.8 Å². The van der Waals surface area contributed by atoms with Gasteiger partial charge in [-0.3, -0.25) is 9.52 Å². The summed E-state index contributed by atoms with van der Waals surface area (Å²) >= 11 is 5.85. The van der Waals surface area contributed by atoms with E-state index in [2.05, 4.69) is 4.72 Å². The van der Waals surface area contributed by atoms with Crippen molar-refractivity contribution in [1.82, 2.24) is 0 Å². The second-order valence-corrected chi connectivity index (χ2v) is 9.23. The van der Waals surface area contributed by atoms with Crippen molar-refractivity contribution in [2.24, 2.45) is 0 Å². The second kappa shape index (κ2) is 7.73. The molecule has 0 radical (unpaired) electrons. The maximum Gasteiger partial charge on any atom is 0.256 e. The van der Waals surface area contributed by atoms with E-state index in [0.29, 0.717) is 29.4 Å². The molecule has 28 heavy (non-hydrogen) atoms. The standard InChI is InChI=1S/C20H21ClN2O4S/c21-16-6-3-14(4-7-16)13-28(25,26)22-17-8-5-15-9-10-23(18(15)12-17)20(24)19-2-1-11-27-19/h3-8,12,19,22H,1-2,9-11,13H2. The van der Waals surface area contributed by atoms with Crippen LogP contribution >= 0.6 is 11.6 Å². The molecule has 2 aromatic rings. The number of fused-ring (bicyclic) bond motifs is 1. The Balaban J connectivity index is 1.51. The number of ether oxygens (including phenoxy) is 1. The summed E-state index contributed by atoms with van der Waals surface area (Å²) < 4.78 is 33.2. The highest BCUT2D eigenvalue weighted by molar-refractivity contribution is 7.91. The molecule has 0 bridgehead atoms. The first-order valence-corrected chi connectivity index (χ1v) is 11.3. The van der Waals surface area contributed by atoms with Crippen LogP contribution in [-0.4, -0.2) is 33.6 Å². The molecule has 1 unspecified atom stereocenters. The zero-order valence-corrected chi connectivity index (χ0v) is 16.8. The third-order valence-electron chi connectivity index (χ3n) is 5.00. The number of carbonyl (C=O) groups is 1. The molecule has 8 heteroatoms. The Morgan fingerprint density at radius 3 is 2.71 bits per heavy atom. The molecule has 1 saturated heterocycles. The van der Waals surface area contributed by atoms with Crippen LogP contribution in [0.1, 0.15) is 24.0 Å². The molecule has 0 saturated carbocycles. The van der Waals surface area contributed by atoms with E-state index in [4.69, 9.17) is 16.3 Å². The van der Waals surface area contributed by atoms with Gasteiger partial charge in [0.05, 0.1) is 11.4 Å². The molecule has 2 aliphatic rings. The van der Waals surface area contributed by atoms with E-state index in [1.165, 1.54) is 0 Å². The minimum atomic E-state index is -3.59. The number of hydrogen-bond acceptors (Lipinski definition) is 4. The Bertz CT molecular complexity index is 986. The number of halogens is 1. The minimum Gasteiger partial charge on any atom is -0.368 e. The van der Waals surface area contributed by atoms with Gasteiger partial charge in [-0.25, -0.2) is 8.42 Å². The molecule has 1 fully saturated rings. The molecule has 4 rings (SSSR count). The third kappa shape index (κ3) is 4.16. The van der Waals surface area contributed by atoms with Gasteiger partial charge >= 0.3 is 0 Å². The van der Waals surface area contributed by atoms with E-state index >= 15 is 0 Å². The molecule has 2 aromatic carbocycles. The average molecular weight is 421 g/mol. The van der Waals surface area contributed by atoms with Crippen molar-refractivity contribution >= 4 is 38.9 Å². The van der Waals surface area contributed by atoms with Gasteiger partial charge in [-0.2, -0.15) is 0 Å². The number of carbonyl (C=O) groups excluding carboxylic acids is 1. The number of nitrogens with zero attached hydrogens (tertiary/aromatic N) is 1. The van der Waals surface area contributed by atoms with E-state index in [0.717, 1.165) is 30.5 Å².